The Kier molecular flexibility index (Phi) is 6.22. The lowest BCUT2D eigenvalue weighted by Gasteiger charge is -2.25. The van der Waals surface area contributed by atoms with Gasteiger partial charge in [0, 0.05) is 44.9 Å². The molecule has 0 saturated carbocycles. The summed E-state index contributed by atoms with van der Waals surface area (Å²) in [6.07, 6.45) is 3.50. The van der Waals surface area contributed by atoms with Gasteiger partial charge < -0.3 is 15.5 Å². The highest BCUT2D eigenvalue weighted by Crippen LogP contribution is 2.45. The third kappa shape index (κ3) is 4.41. The summed E-state index contributed by atoms with van der Waals surface area (Å²) in [5, 5.41) is 9.54. The fourth-order valence-corrected chi connectivity index (χ4v) is 5.48. The predicted octanol–water partition coefficient (Wildman–Crippen LogP) is 7.57. The van der Waals surface area contributed by atoms with Gasteiger partial charge in [-0.3, -0.25) is 9.69 Å². The summed E-state index contributed by atoms with van der Waals surface area (Å²) >= 11 is 3.78. The second-order valence-corrected chi connectivity index (χ2v) is 10.4. The zero-order chi connectivity index (χ0) is 27.9. The highest BCUT2D eigenvalue weighted by molar-refractivity contribution is 9.10. The maximum absolute atomic E-state index is 12.9. The van der Waals surface area contributed by atoms with Gasteiger partial charge in [-0.1, -0.05) is 30.3 Å². The predicted molar refractivity (Wildman–Crippen MR) is 165 cm³/mol. The quantitative estimate of drug-likeness (QED) is 0.203. The molecule has 0 aliphatic rings. The average molecular weight is 603 g/mol. The lowest BCUT2D eigenvalue weighted by molar-refractivity contribution is 0.102. The summed E-state index contributed by atoms with van der Waals surface area (Å²) in [6, 6.07) is 30.7. The van der Waals surface area contributed by atoms with E-state index in [1.54, 1.807) is 29.0 Å². The third-order valence-electron chi connectivity index (χ3n) is 7.03. The van der Waals surface area contributed by atoms with Crippen LogP contribution in [0.3, 0.4) is 0 Å². The Morgan fingerprint density at radius 2 is 1.68 bits per heavy atom. The summed E-state index contributed by atoms with van der Waals surface area (Å²) in [4.78, 5) is 19.6. The lowest BCUT2D eigenvalue weighted by Crippen LogP contribution is -2.17. The second-order valence-electron chi connectivity index (χ2n) is 9.52. The number of amides is 1. The smallest absolute Gasteiger partial charge is 0.255 e. The number of hydrogen-bond acceptors (Lipinski definition) is 6. The molecule has 0 saturated heterocycles. The molecule has 0 atom stereocenters. The van der Waals surface area contributed by atoms with Gasteiger partial charge in [-0.05, 0) is 88.2 Å². The van der Waals surface area contributed by atoms with Gasteiger partial charge in [-0.25, -0.2) is 4.98 Å². The van der Waals surface area contributed by atoms with Crippen LogP contribution in [-0.4, -0.2) is 20.5 Å². The number of furan rings is 1. The van der Waals surface area contributed by atoms with Crippen molar-refractivity contribution >= 4 is 72.3 Å². The minimum absolute atomic E-state index is 0.198. The Morgan fingerprint density at radius 1 is 0.902 bits per heavy atom. The molecule has 0 fully saturated rings. The van der Waals surface area contributed by atoms with Crippen molar-refractivity contribution in [2.45, 2.75) is 6.54 Å². The molecule has 0 aliphatic heterocycles. The minimum atomic E-state index is -0.198. The highest BCUT2D eigenvalue weighted by Gasteiger charge is 2.25. The van der Waals surface area contributed by atoms with E-state index >= 15 is 0 Å². The van der Waals surface area contributed by atoms with Crippen molar-refractivity contribution in [2.24, 2.45) is 5.73 Å². The van der Waals surface area contributed by atoms with Gasteiger partial charge in [0.25, 0.3) is 5.91 Å². The number of anilines is 4. The Balaban J connectivity index is 1.34. The summed E-state index contributed by atoms with van der Waals surface area (Å²) in [7, 11) is 0. The highest BCUT2D eigenvalue weighted by atomic mass is 79.9. The summed E-state index contributed by atoms with van der Waals surface area (Å²) in [5.41, 5.74) is 11.9. The van der Waals surface area contributed by atoms with E-state index in [2.05, 4.69) is 32.4 Å². The van der Waals surface area contributed by atoms with Gasteiger partial charge in [-0.2, -0.15) is 9.61 Å². The number of nitrogens with zero attached hydrogens (tertiary/aromatic N) is 4. The minimum Gasteiger partial charge on any atom is -0.454 e. The van der Waals surface area contributed by atoms with Crippen LogP contribution in [0.15, 0.2) is 118 Å². The number of nitrogens with one attached hydrogen (secondary N) is 1. The fourth-order valence-electron chi connectivity index (χ4n) is 4.99. The van der Waals surface area contributed by atoms with Gasteiger partial charge >= 0.3 is 0 Å². The molecule has 0 spiro atoms. The van der Waals surface area contributed by atoms with Gasteiger partial charge in [0.05, 0.1) is 11.7 Å². The molecule has 9 heteroatoms. The van der Waals surface area contributed by atoms with Crippen LogP contribution in [-0.2, 0) is 6.54 Å². The molecule has 7 rings (SSSR count). The lowest BCUT2D eigenvalue weighted by atomic mass is 10.1. The molecule has 4 aromatic carbocycles. The first-order valence-electron chi connectivity index (χ1n) is 13.0. The fraction of sp³-hybridized carbons (Fsp3) is 0.0312. The summed E-state index contributed by atoms with van der Waals surface area (Å²) < 4.78 is 9.04. The number of carbonyl (C=O) groups is 1. The molecule has 0 aliphatic carbocycles. The molecule has 0 radical (unpaired) electrons. The molecule has 200 valence electrons. The van der Waals surface area contributed by atoms with E-state index in [1.165, 1.54) is 0 Å². The van der Waals surface area contributed by atoms with E-state index in [4.69, 9.17) is 15.1 Å². The average Bonchev–Trinajstić information content (AvgIpc) is 3.64. The molecule has 3 aromatic heterocycles. The number of halogens is 1. The molecule has 7 aromatic rings. The van der Waals surface area contributed by atoms with Crippen molar-refractivity contribution in [1.82, 2.24) is 14.6 Å². The van der Waals surface area contributed by atoms with Crippen LogP contribution in [0.1, 0.15) is 15.9 Å². The Labute approximate surface area is 243 Å². The number of fused-ring (bicyclic) bond motifs is 4. The Morgan fingerprint density at radius 3 is 2.49 bits per heavy atom. The van der Waals surface area contributed by atoms with E-state index in [-0.39, 0.29) is 5.91 Å². The van der Waals surface area contributed by atoms with Crippen LogP contribution in [0.4, 0.5) is 23.0 Å². The Bertz CT molecular complexity index is 2050. The molecule has 0 bridgehead atoms. The van der Waals surface area contributed by atoms with Gasteiger partial charge in [0.2, 0.25) is 5.95 Å². The largest absolute Gasteiger partial charge is 0.454 e. The number of aromatic nitrogens is 3. The van der Waals surface area contributed by atoms with Crippen LogP contribution in [0, 0.1) is 0 Å². The van der Waals surface area contributed by atoms with E-state index in [0.717, 1.165) is 43.3 Å². The number of hydrogen-bond donors (Lipinski definition) is 2. The number of nitrogens with two attached hydrogens (primary N) is 1. The topological polar surface area (TPSA) is 102 Å². The zero-order valence-corrected chi connectivity index (χ0v) is 23.2. The van der Waals surface area contributed by atoms with Crippen LogP contribution in [0.5, 0.6) is 0 Å². The first-order valence-corrected chi connectivity index (χ1v) is 13.8. The summed E-state index contributed by atoms with van der Waals surface area (Å²) in [6.45, 7) is 0.429. The third-order valence-corrected chi connectivity index (χ3v) is 7.67. The maximum Gasteiger partial charge on any atom is 0.255 e. The summed E-state index contributed by atoms with van der Waals surface area (Å²) in [5.74, 6) is 0.383. The zero-order valence-electron chi connectivity index (χ0n) is 21.7. The van der Waals surface area contributed by atoms with Crippen molar-refractivity contribution in [3.8, 4) is 0 Å². The SMILES string of the molecule is NCc1ccc(C(=O)Nc2ccc(N(c3c(Br)ccc4c3oc3ccccc34)c3nccc4ccnn34)cc2)cc1. The van der Waals surface area contributed by atoms with E-state index in [1.807, 2.05) is 83.8 Å². The molecule has 3 heterocycles. The standard InChI is InChI=1S/C32H23BrN6O2/c33-27-14-13-26-25-3-1-2-4-28(25)41-30(26)29(27)38(32-35-17-15-24-16-18-36-39(24)32)23-11-9-22(10-12-23)37-31(40)21-7-5-20(19-34)6-8-21/h1-18H,19,34H2,(H,37,40). The van der Waals surface area contributed by atoms with Crippen molar-refractivity contribution in [2.75, 3.05) is 10.2 Å². The molecular weight excluding hydrogens is 580 g/mol. The molecule has 0 unspecified atom stereocenters. The first kappa shape index (κ1) is 25.0. The van der Waals surface area contributed by atoms with Crippen LogP contribution < -0.4 is 16.0 Å². The molecular formula is C32H23BrN6O2. The van der Waals surface area contributed by atoms with Gasteiger partial charge in [0.1, 0.15) is 11.3 Å². The van der Waals surface area contributed by atoms with Gasteiger partial charge in [-0.15, -0.1) is 0 Å². The molecule has 8 nitrogen and oxygen atoms in total. The maximum atomic E-state index is 12.9. The van der Waals surface area contributed by atoms with Crippen LogP contribution >= 0.6 is 15.9 Å². The van der Waals surface area contributed by atoms with Crippen molar-refractivity contribution in [1.29, 1.82) is 0 Å². The molecule has 41 heavy (non-hydrogen) atoms. The van der Waals surface area contributed by atoms with Crippen molar-refractivity contribution in [3.05, 3.63) is 125 Å². The Hall–Kier alpha value is -4.99. The van der Waals surface area contributed by atoms with E-state index in [9.17, 15) is 4.79 Å². The molecule has 3 N–H and O–H groups in total. The number of carbonyl (C=O) groups excluding carboxylic acids is 1. The first-order chi connectivity index (χ1) is 20.1. The van der Waals surface area contributed by atoms with E-state index < -0.39 is 0 Å². The van der Waals surface area contributed by atoms with Crippen molar-refractivity contribution in [3.63, 3.8) is 0 Å². The number of rotatable bonds is 6. The van der Waals surface area contributed by atoms with Crippen LogP contribution in [0.25, 0.3) is 27.5 Å². The molecule has 1 amide bonds. The van der Waals surface area contributed by atoms with E-state index in [0.29, 0.717) is 29.3 Å². The van der Waals surface area contributed by atoms with Crippen molar-refractivity contribution < 1.29 is 9.21 Å². The van der Waals surface area contributed by atoms with Gasteiger partial charge in [0.15, 0.2) is 5.58 Å². The number of para-hydroxylation sites is 1. The monoisotopic (exact) mass is 602 g/mol. The normalized spacial score (nSPS) is 11.4. The second kappa shape index (κ2) is 10.2. The van der Waals surface area contributed by atoms with Crippen LogP contribution in [0.2, 0.25) is 0 Å². The number of benzene rings is 4.